The van der Waals surface area contributed by atoms with Gasteiger partial charge in [-0.2, -0.15) is 0 Å². The Labute approximate surface area is 119 Å². The van der Waals surface area contributed by atoms with Crippen molar-refractivity contribution in [3.05, 3.63) is 34.9 Å². The first-order valence-corrected chi connectivity index (χ1v) is 7.07. The van der Waals surface area contributed by atoms with E-state index >= 15 is 0 Å². The Morgan fingerprint density at radius 1 is 1.32 bits per heavy atom. The van der Waals surface area contributed by atoms with Gasteiger partial charge in [-0.15, -0.1) is 0 Å². The average Bonchev–Trinajstić information content (AvgIpc) is 2.40. The number of carbonyl (C=O) groups is 1. The van der Waals surface area contributed by atoms with Crippen molar-refractivity contribution in [1.82, 2.24) is 0 Å². The minimum Gasteiger partial charge on any atom is -0.466 e. The van der Waals surface area contributed by atoms with E-state index in [1.54, 1.807) is 0 Å². The predicted octanol–water partition coefficient (Wildman–Crippen LogP) is 3.22. The number of carbonyl (C=O) groups excluding carboxylic acids is 1. The second-order valence-corrected chi connectivity index (χ2v) is 4.94. The summed E-state index contributed by atoms with van der Waals surface area (Å²) in [6, 6.07) is 7.51. The second kappa shape index (κ2) is 8.94. The number of aliphatic hydroxyl groups is 1. The molecule has 106 valence electrons. The van der Waals surface area contributed by atoms with E-state index in [0.29, 0.717) is 18.1 Å². The summed E-state index contributed by atoms with van der Waals surface area (Å²) in [7, 11) is 0. The lowest BCUT2D eigenvalue weighted by atomic mass is 9.94. The highest BCUT2D eigenvalue weighted by molar-refractivity contribution is 6.30. The molecule has 0 spiro atoms. The number of hydrogen-bond donors (Lipinski definition) is 1. The Kier molecular flexibility index (Phi) is 7.53. The molecule has 0 aliphatic heterocycles. The molecule has 1 aromatic carbocycles. The van der Waals surface area contributed by atoms with Crippen LogP contribution < -0.4 is 0 Å². The highest BCUT2D eigenvalue weighted by Crippen LogP contribution is 2.19. The van der Waals surface area contributed by atoms with Crippen molar-refractivity contribution >= 4 is 17.6 Å². The van der Waals surface area contributed by atoms with E-state index in [1.165, 1.54) is 0 Å². The molecule has 0 saturated heterocycles. The van der Waals surface area contributed by atoms with Crippen molar-refractivity contribution in [2.45, 2.75) is 32.6 Å². The van der Waals surface area contributed by atoms with Crippen LogP contribution in [0.5, 0.6) is 0 Å². The number of esters is 1. The van der Waals surface area contributed by atoms with Gasteiger partial charge in [0.25, 0.3) is 0 Å². The van der Waals surface area contributed by atoms with Crippen molar-refractivity contribution in [2.24, 2.45) is 5.92 Å². The largest absolute Gasteiger partial charge is 0.466 e. The van der Waals surface area contributed by atoms with Crippen molar-refractivity contribution in [3.63, 3.8) is 0 Å². The molecule has 0 aliphatic rings. The summed E-state index contributed by atoms with van der Waals surface area (Å²) < 4.78 is 5.10. The van der Waals surface area contributed by atoms with Gasteiger partial charge in [0.15, 0.2) is 0 Å². The van der Waals surface area contributed by atoms with Crippen LogP contribution in [0.3, 0.4) is 0 Å². The van der Waals surface area contributed by atoms with Crippen LogP contribution in [0.2, 0.25) is 5.02 Å². The van der Waals surface area contributed by atoms with Gasteiger partial charge in [0.1, 0.15) is 0 Å². The fourth-order valence-corrected chi connectivity index (χ4v) is 2.10. The van der Waals surface area contributed by atoms with Crippen molar-refractivity contribution in [3.8, 4) is 0 Å². The van der Waals surface area contributed by atoms with Crippen LogP contribution in [0.4, 0.5) is 0 Å². The summed E-state index contributed by atoms with van der Waals surface area (Å²) in [6.45, 7) is 2.37. The molecule has 4 heteroatoms. The van der Waals surface area contributed by atoms with E-state index in [1.807, 2.05) is 31.2 Å². The zero-order valence-corrected chi connectivity index (χ0v) is 12.0. The van der Waals surface area contributed by atoms with E-state index in [2.05, 4.69) is 0 Å². The number of hydrogen-bond acceptors (Lipinski definition) is 3. The zero-order valence-electron chi connectivity index (χ0n) is 11.3. The van der Waals surface area contributed by atoms with Gasteiger partial charge in [-0.05, 0) is 43.9 Å². The van der Waals surface area contributed by atoms with Gasteiger partial charge in [-0.25, -0.2) is 0 Å². The Morgan fingerprint density at radius 2 is 2.00 bits per heavy atom. The maximum absolute atomic E-state index is 11.9. The molecule has 1 atom stereocenters. The molecule has 0 bridgehead atoms. The fraction of sp³-hybridized carbons (Fsp3) is 0.533. The summed E-state index contributed by atoms with van der Waals surface area (Å²) in [5, 5.41) is 9.50. The van der Waals surface area contributed by atoms with Crippen LogP contribution in [0.1, 0.15) is 31.7 Å². The Hall–Kier alpha value is -1.06. The van der Waals surface area contributed by atoms with Gasteiger partial charge in [-0.3, -0.25) is 4.79 Å². The quantitative estimate of drug-likeness (QED) is 0.589. The fourth-order valence-electron chi connectivity index (χ4n) is 1.97. The number of unbranched alkanes of at least 4 members (excludes halogenated alkanes) is 1. The molecule has 0 aromatic heterocycles. The molecule has 3 nitrogen and oxygen atoms in total. The molecule has 0 unspecified atom stereocenters. The molecule has 0 saturated carbocycles. The van der Waals surface area contributed by atoms with Crippen LogP contribution in [0.25, 0.3) is 0 Å². The van der Waals surface area contributed by atoms with Gasteiger partial charge < -0.3 is 9.84 Å². The molecule has 0 heterocycles. The normalized spacial score (nSPS) is 12.2. The molecule has 0 fully saturated rings. The van der Waals surface area contributed by atoms with Crippen molar-refractivity contribution in [1.29, 1.82) is 0 Å². The number of benzene rings is 1. The molecule has 0 amide bonds. The highest BCUT2D eigenvalue weighted by atomic mass is 35.5. The smallest absolute Gasteiger partial charge is 0.309 e. The summed E-state index contributed by atoms with van der Waals surface area (Å²) in [5.41, 5.74) is 1.08. The monoisotopic (exact) mass is 284 g/mol. The number of halogens is 1. The van der Waals surface area contributed by atoms with E-state index in [4.69, 9.17) is 21.4 Å². The third-order valence-corrected chi connectivity index (χ3v) is 3.23. The lowest BCUT2D eigenvalue weighted by Gasteiger charge is -2.15. The zero-order chi connectivity index (χ0) is 14.1. The molecule has 0 radical (unpaired) electrons. The minimum atomic E-state index is -0.157. The Bertz CT molecular complexity index is 375. The van der Waals surface area contributed by atoms with E-state index in [0.717, 1.165) is 24.8 Å². The standard InChI is InChI=1S/C15H21ClO3/c1-2-19-15(18)13(5-3-4-10-17)11-12-6-8-14(16)9-7-12/h6-9,13,17H,2-5,10-11H2,1H3/t13-/m0/s1. The second-order valence-electron chi connectivity index (χ2n) is 4.50. The van der Waals surface area contributed by atoms with Gasteiger partial charge in [0, 0.05) is 11.6 Å². The van der Waals surface area contributed by atoms with Crippen LogP contribution in [-0.2, 0) is 16.0 Å². The van der Waals surface area contributed by atoms with Crippen LogP contribution >= 0.6 is 11.6 Å². The third-order valence-electron chi connectivity index (χ3n) is 2.98. The lowest BCUT2D eigenvalue weighted by Crippen LogP contribution is -2.20. The summed E-state index contributed by atoms with van der Waals surface area (Å²) in [6.07, 6.45) is 2.94. The first kappa shape index (κ1) is 16.0. The molecule has 0 aliphatic carbocycles. The first-order chi connectivity index (χ1) is 9.17. The molecular formula is C15H21ClO3. The third kappa shape index (κ3) is 6.08. The van der Waals surface area contributed by atoms with E-state index < -0.39 is 0 Å². The number of aliphatic hydroxyl groups excluding tert-OH is 1. The summed E-state index contributed by atoms with van der Waals surface area (Å²) in [4.78, 5) is 11.9. The van der Waals surface area contributed by atoms with Crippen LogP contribution in [0.15, 0.2) is 24.3 Å². The van der Waals surface area contributed by atoms with Crippen molar-refractivity contribution < 1.29 is 14.6 Å². The summed E-state index contributed by atoms with van der Waals surface area (Å²) >= 11 is 5.84. The van der Waals surface area contributed by atoms with Gasteiger partial charge in [0.2, 0.25) is 0 Å². The average molecular weight is 285 g/mol. The van der Waals surface area contributed by atoms with E-state index in [9.17, 15) is 4.79 Å². The Morgan fingerprint density at radius 3 is 2.58 bits per heavy atom. The molecule has 1 N–H and O–H groups in total. The van der Waals surface area contributed by atoms with Gasteiger partial charge >= 0.3 is 5.97 Å². The van der Waals surface area contributed by atoms with Gasteiger partial charge in [0.05, 0.1) is 12.5 Å². The molecule has 1 aromatic rings. The van der Waals surface area contributed by atoms with Crippen molar-refractivity contribution in [2.75, 3.05) is 13.2 Å². The summed E-state index contributed by atoms with van der Waals surface area (Å²) in [5.74, 6) is -0.303. The van der Waals surface area contributed by atoms with Gasteiger partial charge in [-0.1, -0.05) is 30.2 Å². The lowest BCUT2D eigenvalue weighted by molar-refractivity contribution is -0.148. The Balaban J connectivity index is 2.61. The highest BCUT2D eigenvalue weighted by Gasteiger charge is 2.19. The first-order valence-electron chi connectivity index (χ1n) is 6.69. The van der Waals surface area contributed by atoms with Crippen LogP contribution in [-0.4, -0.2) is 24.3 Å². The van der Waals surface area contributed by atoms with Crippen LogP contribution in [0, 0.1) is 5.92 Å². The predicted molar refractivity (Wildman–Crippen MR) is 76.2 cm³/mol. The maximum Gasteiger partial charge on any atom is 0.309 e. The topological polar surface area (TPSA) is 46.5 Å². The molecule has 19 heavy (non-hydrogen) atoms. The SMILES string of the molecule is CCOC(=O)[C@@H](CCCCO)Cc1ccc(Cl)cc1. The minimum absolute atomic E-state index is 0.146. The number of ether oxygens (including phenoxy) is 1. The number of rotatable bonds is 8. The molecule has 1 rings (SSSR count). The maximum atomic E-state index is 11.9. The van der Waals surface area contributed by atoms with E-state index in [-0.39, 0.29) is 18.5 Å². The molecular weight excluding hydrogens is 264 g/mol.